The summed E-state index contributed by atoms with van der Waals surface area (Å²) in [4.78, 5) is 11.1. The van der Waals surface area contributed by atoms with Crippen molar-refractivity contribution in [2.75, 3.05) is 21.1 Å². The Bertz CT molecular complexity index is 163. The molecule has 0 N–H and O–H groups in total. The highest BCUT2D eigenvalue weighted by Crippen LogP contribution is 1.98. The lowest BCUT2D eigenvalue weighted by molar-refractivity contribution is -0.817. The highest BCUT2D eigenvalue weighted by molar-refractivity contribution is 5.90. The highest BCUT2D eigenvalue weighted by Gasteiger charge is 2.05. The second-order valence-corrected chi connectivity index (χ2v) is 3.99. The van der Waals surface area contributed by atoms with E-state index in [0.717, 1.165) is 0 Å². The minimum absolute atomic E-state index is 0.109. The topological polar surface area (TPSA) is 17.1 Å². The first-order chi connectivity index (χ1) is 4.83. The second-order valence-electron chi connectivity index (χ2n) is 3.99. The van der Waals surface area contributed by atoms with Gasteiger partial charge < -0.3 is 4.48 Å². The fourth-order valence-electron chi connectivity index (χ4n) is 0.490. The molecule has 64 valence electrons. The molecule has 0 atom stereocenters. The van der Waals surface area contributed by atoms with Gasteiger partial charge >= 0.3 is 0 Å². The summed E-state index contributed by atoms with van der Waals surface area (Å²) in [6.45, 7) is 3.81. The van der Waals surface area contributed by atoms with E-state index in [-0.39, 0.29) is 11.7 Å². The standard InChI is InChI=1S/C9H18NO/c1-8(2)9(11)6-7-10(3,4)5/h6-8H,1-5H3/q+1/b7-6+. The molecule has 0 heterocycles. The lowest BCUT2D eigenvalue weighted by Crippen LogP contribution is -2.27. The molecule has 0 saturated carbocycles. The van der Waals surface area contributed by atoms with Crippen molar-refractivity contribution >= 4 is 5.78 Å². The number of hydrogen-bond acceptors (Lipinski definition) is 1. The molecule has 2 heteroatoms. The number of allylic oxidation sites excluding steroid dienone is 1. The van der Waals surface area contributed by atoms with Crippen LogP contribution in [0.4, 0.5) is 0 Å². The molecule has 0 bridgehead atoms. The molecule has 0 aliphatic carbocycles. The van der Waals surface area contributed by atoms with Gasteiger partial charge in [0.25, 0.3) is 0 Å². The predicted molar refractivity (Wildman–Crippen MR) is 47.0 cm³/mol. The fraction of sp³-hybridized carbons (Fsp3) is 0.667. The second kappa shape index (κ2) is 3.67. The molecule has 0 radical (unpaired) electrons. The van der Waals surface area contributed by atoms with Crippen LogP contribution in [-0.4, -0.2) is 31.4 Å². The average molecular weight is 156 g/mol. The molecule has 0 unspecified atom stereocenters. The Morgan fingerprint density at radius 1 is 1.27 bits per heavy atom. The molecule has 0 aliphatic rings. The van der Waals surface area contributed by atoms with E-state index in [1.54, 1.807) is 6.08 Å². The summed E-state index contributed by atoms with van der Waals surface area (Å²) in [6.07, 6.45) is 3.55. The van der Waals surface area contributed by atoms with Gasteiger partial charge in [-0.25, -0.2) is 0 Å². The van der Waals surface area contributed by atoms with E-state index in [1.807, 2.05) is 41.2 Å². The van der Waals surface area contributed by atoms with Crippen molar-refractivity contribution < 1.29 is 9.28 Å². The smallest absolute Gasteiger partial charge is 0.163 e. The summed E-state index contributed by atoms with van der Waals surface area (Å²) in [5.41, 5.74) is 0. The van der Waals surface area contributed by atoms with Crippen molar-refractivity contribution in [1.29, 1.82) is 0 Å². The molecule has 11 heavy (non-hydrogen) atoms. The van der Waals surface area contributed by atoms with Crippen molar-refractivity contribution in [3.05, 3.63) is 12.3 Å². The molecule has 0 aromatic carbocycles. The average Bonchev–Trinajstić information content (AvgIpc) is 1.80. The quantitative estimate of drug-likeness (QED) is 0.446. The van der Waals surface area contributed by atoms with E-state index in [0.29, 0.717) is 4.48 Å². The molecule has 0 aromatic rings. The first-order valence-electron chi connectivity index (χ1n) is 3.87. The van der Waals surface area contributed by atoms with Crippen LogP contribution in [0.2, 0.25) is 0 Å². The first kappa shape index (κ1) is 10.4. The summed E-state index contributed by atoms with van der Waals surface area (Å²) < 4.78 is 0.693. The Balaban J connectivity index is 4.05. The van der Waals surface area contributed by atoms with Crippen LogP contribution in [0, 0.1) is 5.92 Å². The molecule has 0 aromatic heterocycles. The van der Waals surface area contributed by atoms with E-state index in [1.165, 1.54) is 0 Å². The van der Waals surface area contributed by atoms with Crippen molar-refractivity contribution in [3.8, 4) is 0 Å². The molecule has 2 nitrogen and oxygen atoms in total. The van der Waals surface area contributed by atoms with Crippen LogP contribution < -0.4 is 0 Å². The van der Waals surface area contributed by atoms with E-state index < -0.39 is 0 Å². The van der Waals surface area contributed by atoms with Crippen LogP contribution in [0.1, 0.15) is 13.8 Å². The zero-order chi connectivity index (χ0) is 9.07. The van der Waals surface area contributed by atoms with Gasteiger partial charge in [0.05, 0.1) is 27.3 Å². The van der Waals surface area contributed by atoms with Crippen LogP contribution in [-0.2, 0) is 4.79 Å². The minimum Gasteiger partial charge on any atom is -0.304 e. The van der Waals surface area contributed by atoms with E-state index in [4.69, 9.17) is 0 Å². The normalized spacial score (nSPS) is 12.9. The summed E-state index contributed by atoms with van der Waals surface area (Å²) >= 11 is 0. The number of rotatable bonds is 3. The lowest BCUT2D eigenvalue weighted by Gasteiger charge is -2.17. The fourth-order valence-corrected chi connectivity index (χ4v) is 0.490. The zero-order valence-electron chi connectivity index (χ0n) is 8.09. The van der Waals surface area contributed by atoms with Gasteiger partial charge in [0.2, 0.25) is 0 Å². The van der Waals surface area contributed by atoms with Crippen molar-refractivity contribution in [1.82, 2.24) is 0 Å². The molecule has 0 rings (SSSR count). The van der Waals surface area contributed by atoms with Gasteiger partial charge in [0, 0.05) is 12.0 Å². The summed E-state index contributed by atoms with van der Waals surface area (Å²) in [6, 6.07) is 0. The zero-order valence-corrected chi connectivity index (χ0v) is 8.09. The molecular weight excluding hydrogens is 138 g/mol. The summed E-state index contributed by atoms with van der Waals surface area (Å²) in [5.74, 6) is 0.302. The Hall–Kier alpha value is -0.630. The molecule has 0 amide bonds. The number of carbonyl (C=O) groups excluding carboxylic acids is 1. The number of hydrogen-bond donors (Lipinski definition) is 0. The van der Waals surface area contributed by atoms with E-state index in [9.17, 15) is 4.79 Å². The Labute approximate surface area is 69.1 Å². The number of carbonyl (C=O) groups is 1. The van der Waals surface area contributed by atoms with Crippen molar-refractivity contribution in [2.45, 2.75) is 13.8 Å². The molecule has 0 saturated heterocycles. The SMILES string of the molecule is CC(C)C(=O)/C=C/[N+](C)(C)C. The van der Waals surface area contributed by atoms with Crippen molar-refractivity contribution in [2.24, 2.45) is 5.92 Å². The first-order valence-corrected chi connectivity index (χ1v) is 3.87. The van der Waals surface area contributed by atoms with Crippen molar-refractivity contribution in [3.63, 3.8) is 0 Å². The largest absolute Gasteiger partial charge is 0.304 e. The minimum atomic E-state index is 0.109. The Morgan fingerprint density at radius 2 is 1.73 bits per heavy atom. The third-order valence-corrected chi connectivity index (χ3v) is 1.26. The number of ketones is 1. The van der Waals surface area contributed by atoms with Crippen LogP contribution in [0.15, 0.2) is 12.3 Å². The number of nitrogens with zero attached hydrogens (tertiary/aromatic N) is 1. The summed E-state index contributed by atoms with van der Waals surface area (Å²) in [7, 11) is 6.05. The van der Waals surface area contributed by atoms with E-state index >= 15 is 0 Å². The van der Waals surface area contributed by atoms with Gasteiger partial charge in [-0.2, -0.15) is 0 Å². The van der Waals surface area contributed by atoms with Gasteiger partial charge in [0.1, 0.15) is 0 Å². The maximum Gasteiger partial charge on any atom is 0.163 e. The van der Waals surface area contributed by atoms with Gasteiger partial charge in [-0.3, -0.25) is 4.79 Å². The number of quaternary nitrogens is 1. The Morgan fingerprint density at radius 3 is 2.00 bits per heavy atom. The third-order valence-electron chi connectivity index (χ3n) is 1.26. The van der Waals surface area contributed by atoms with Crippen LogP contribution >= 0.6 is 0 Å². The van der Waals surface area contributed by atoms with Gasteiger partial charge in [-0.05, 0) is 0 Å². The van der Waals surface area contributed by atoms with E-state index in [2.05, 4.69) is 0 Å². The maximum absolute atomic E-state index is 11.1. The molecule has 0 fully saturated rings. The maximum atomic E-state index is 11.1. The van der Waals surface area contributed by atoms with Crippen LogP contribution in [0.3, 0.4) is 0 Å². The lowest BCUT2D eigenvalue weighted by atomic mass is 10.1. The Kier molecular flexibility index (Phi) is 3.46. The van der Waals surface area contributed by atoms with Crippen LogP contribution in [0.5, 0.6) is 0 Å². The summed E-state index contributed by atoms with van der Waals surface area (Å²) in [5, 5.41) is 0. The monoisotopic (exact) mass is 156 g/mol. The highest BCUT2D eigenvalue weighted by atomic mass is 16.1. The molecule has 0 aliphatic heterocycles. The van der Waals surface area contributed by atoms with Crippen LogP contribution in [0.25, 0.3) is 0 Å². The predicted octanol–water partition coefficient (Wildman–Crippen LogP) is 1.43. The molecule has 0 spiro atoms. The molecular formula is C9H18NO+. The third kappa shape index (κ3) is 5.80. The van der Waals surface area contributed by atoms with Gasteiger partial charge in [-0.15, -0.1) is 0 Å². The van der Waals surface area contributed by atoms with Gasteiger partial charge in [0.15, 0.2) is 5.78 Å². The van der Waals surface area contributed by atoms with Gasteiger partial charge in [-0.1, -0.05) is 13.8 Å².